The summed E-state index contributed by atoms with van der Waals surface area (Å²) in [5.41, 5.74) is 0.149. The van der Waals surface area contributed by atoms with Crippen molar-refractivity contribution in [1.29, 1.82) is 0 Å². The third kappa shape index (κ3) is 8.08. The molecular formula is C21H27F3N2O4S. The second-order valence-electron chi connectivity index (χ2n) is 7.46. The number of esters is 1. The lowest BCUT2D eigenvalue weighted by Crippen LogP contribution is -2.40. The van der Waals surface area contributed by atoms with Crippen molar-refractivity contribution in [3.8, 4) is 0 Å². The van der Waals surface area contributed by atoms with Crippen molar-refractivity contribution < 1.29 is 32.3 Å². The Bertz CT molecular complexity index is 782. The molecule has 1 atom stereocenters. The van der Waals surface area contributed by atoms with Crippen LogP contribution in [0.1, 0.15) is 49.4 Å². The van der Waals surface area contributed by atoms with E-state index in [1.165, 1.54) is 31.2 Å². The molecule has 0 radical (unpaired) electrons. The van der Waals surface area contributed by atoms with Crippen LogP contribution < -0.4 is 5.32 Å². The molecule has 0 saturated heterocycles. The minimum absolute atomic E-state index is 0.0417. The smallest absolute Gasteiger partial charge is 0.405 e. The van der Waals surface area contributed by atoms with Gasteiger partial charge in [0, 0.05) is 18.0 Å². The number of carbonyl (C=O) groups is 3. The van der Waals surface area contributed by atoms with Crippen LogP contribution in [0, 0.1) is 0 Å². The van der Waals surface area contributed by atoms with E-state index in [9.17, 15) is 27.6 Å². The number of halogens is 3. The Labute approximate surface area is 183 Å². The Hall–Kier alpha value is -2.23. The molecule has 1 aromatic rings. The lowest BCUT2D eigenvalue weighted by Gasteiger charge is -2.31. The molecular weight excluding hydrogens is 433 g/mol. The molecule has 2 rings (SSSR count). The second-order valence-corrected chi connectivity index (χ2v) is 8.48. The van der Waals surface area contributed by atoms with E-state index in [0.29, 0.717) is 4.90 Å². The Morgan fingerprint density at radius 1 is 1.19 bits per heavy atom. The highest BCUT2D eigenvalue weighted by molar-refractivity contribution is 8.00. The summed E-state index contributed by atoms with van der Waals surface area (Å²) in [7, 11) is 1.79. The third-order valence-electron chi connectivity index (χ3n) is 5.09. The monoisotopic (exact) mass is 460 g/mol. The zero-order valence-corrected chi connectivity index (χ0v) is 18.4. The zero-order valence-electron chi connectivity index (χ0n) is 17.5. The van der Waals surface area contributed by atoms with Gasteiger partial charge < -0.3 is 15.0 Å². The van der Waals surface area contributed by atoms with Gasteiger partial charge >= 0.3 is 12.1 Å². The number of hydrogen-bond donors (Lipinski definition) is 1. The van der Waals surface area contributed by atoms with Crippen molar-refractivity contribution in [2.75, 3.05) is 19.3 Å². The fourth-order valence-electron chi connectivity index (χ4n) is 3.28. The van der Waals surface area contributed by atoms with Crippen molar-refractivity contribution in [1.82, 2.24) is 10.2 Å². The van der Waals surface area contributed by atoms with Crippen LogP contribution in [0.15, 0.2) is 29.2 Å². The molecule has 0 heterocycles. The number of alkyl halides is 3. The summed E-state index contributed by atoms with van der Waals surface area (Å²) in [5.74, 6) is -1.79. The minimum atomic E-state index is -4.56. The van der Waals surface area contributed by atoms with E-state index in [4.69, 9.17) is 4.74 Å². The summed E-state index contributed by atoms with van der Waals surface area (Å²) in [4.78, 5) is 39.0. The van der Waals surface area contributed by atoms with E-state index >= 15 is 0 Å². The fraction of sp³-hybridized carbons (Fsp3) is 0.571. The Morgan fingerprint density at radius 3 is 2.48 bits per heavy atom. The van der Waals surface area contributed by atoms with E-state index in [-0.39, 0.29) is 23.3 Å². The van der Waals surface area contributed by atoms with Gasteiger partial charge in [0.15, 0.2) is 6.10 Å². The molecule has 1 aromatic carbocycles. The van der Waals surface area contributed by atoms with Gasteiger partial charge in [0.1, 0.15) is 6.54 Å². The largest absolute Gasteiger partial charge is 0.449 e. The molecule has 10 heteroatoms. The highest BCUT2D eigenvalue weighted by Crippen LogP contribution is 2.26. The summed E-state index contributed by atoms with van der Waals surface area (Å²) in [6.45, 7) is -0.307. The van der Waals surface area contributed by atoms with Crippen LogP contribution in [0.3, 0.4) is 0 Å². The van der Waals surface area contributed by atoms with Gasteiger partial charge in [-0.25, -0.2) is 4.79 Å². The molecule has 0 bridgehead atoms. The average molecular weight is 461 g/mol. The Balaban J connectivity index is 1.93. The lowest BCUT2D eigenvalue weighted by molar-refractivity contribution is -0.143. The summed E-state index contributed by atoms with van der Waals surface area (Å²) < 4.78 is 41.7. The molecule has 2 amide bonds. The van der Waals surface area contributed by atoms with E-state index in [1.54, 1.807) is 35.5 Å². The van der Waals surface area contributed by atoms with Crippen LogP contribution in [0.25, 0.3) is 0 Å². The third-order valence-corrected chi connectivity index (χ3v) is 6.15. The maximum absolute atomic E-state index is 12.6. The van der Waals surface area contributed by atoms with Gasteiger partial charge in [-0.15, -0.1) is 11.8 Å². The first kappa shape index (κ1) is 25.0. The lowest BCUT2D eigenvalue weighted by atomic mass is 9.94. The topological polar surface area (TPSA) is 75.7 Å². The molecule has 1 aliphatic carbocycles. The highest BCUT2D eigenvalue weighted by atomic mass is 32.2. The van der Waals surface area contributed by atoms with Crippen LogP contribution in [0.2, 0.25) is 0 Å². The van der Waals surface area contributed by atoms with Gasteiger partial charge in [0.2, 0.25) is 5.91 Å². The number of ether oxygens (including phenoxy) is 1. The molecule has 31 heavy (non-hydrogen) atoms. The maximum Gasteiger partial charge on any atom is 0.405 e. The normalized spacial score (nSPS) is 15.8. The molecule has 1 saturated carbocycles. The Morgan fingerprint density at radius 2 is 1.84 bits per heavy atom. The van der Waals surface area contributed by atoms with Gasteiger partial charge in [-0.05, 0) is 31.9 Å². The molecule has 1 fully saturated rings. The van der Waals surface area contributed by atoms with Crippen molar-refractivity contribution in [3.63, 3.8) is 0 Å². The van der Waals surface area contributed by atoms with E-state index in [1.807, 2.05) is 0 Å². The molecule has 1 N–H and O–H groups in total. The molecule has 1 aliphatic rings. The van der Waals surface area contributed by atoms with Gasteiger partial charge in [-0.3, -0.25) is 9.59 Å². The number of hydrogen-bond acceptors (Lipinski definition) is 5. The molecule has 0 spiro atoms. The number of rotatable bonds is 8. The van der Waals surface area contributed by atoms with Crippen molar-refractivity contribution in [2.45, 2.75) is 62.2 Å². The van der Waals surface area contributed by atoms with Crippen molar-refractivity contribution in [2.24, 2.45) is 0 Å². The molecule has 6 nitrogen and oxygen atoms in total. The number of nitrogens with zero attached hydrogens (tertiary/aromatic N) is 1. The molecule has 0 unspecified atom stereocenters. The second kappa shape index (κ2) is 11.4. The first-order valence-corrected chi connectivity index (χ1v) is 11.1. The van der Waals surface area contributed by atoms with E-state index < -0.39 is 30.7 Å². The predicted molar refractivity (Wildman–Crippen MR) is 111 cm³/mol. The van der Waals surface area contributed by atoms with Gasteiger partial charge in [0.05, 0.1) is 11.3 Å². The first-order valence-electron chi connectivity index (χ1n) is 10.1. The highest BCUT2D eigenvalue weighted by Gasteiger charge is 2.30. The molecule has 172 valence electrons. The SMILES string of the molecule is C[C@H](OC(=O)c1ccccc1SCC(=O)N(C)C1CCCCC1)C(=O)NCC(F)(F)F. The minimum Gasteiger partial charge on any atom is -0.449 e. The predicted octanol–water partition coefficient (Wildman–Crippen LogP) is 3.79. The average Bonchev–Trinajstić information content (AvgIpc) is 2.75. The molecule has 0 aliphatic heterocycles. The van der Waals surface area contributed by atoms with Crippen molar-refractivity contribution in [3.05, 3.63) is 29.8 Å². The maximum atomic E-state index is 12.6. The van der Waals surface area contributed by atoms with Crippen LogP contribution in [0.4, 0.5) is 13.2 Å². The van der Waals surface area contributed by atoms with Gasteiger partial charge in [-0.1, -0.05) is 31.4 Å². The Kier molecular flexibility index (Phi) is 9.21. The summed E-state index contributed by atoms with van der Waals surface area (Å²) in [6.07, 6.45) is -0.562. The number of thioether (sulfide) groups is 1. The van der Waals surface area contributed by atoms with Gasteiger partial charge in [0.25, 0.3) is 5.91 Å². The number of carbonyl (C=O) groups excluding carboxylic acids is 3. The fourth-order valence-corrected chi connectivity index (χ4v) is 4.25. The van der Waals surface area contributed by atoms with E-state index in [0.717, 1.165) is 25.7 Å². The van der Waals surface area contributed by atoms with Crippen LogP contribution in [-0.2, 0) is 14.3 Å². The standard InChI is InChI=1S/C21H27F3N2O4S/c1-14(19(28)25-13-21(22,23)24)30-20(29)16-10-6-7-11-17(16)31-12-18(27)26(2)15-8-4-3-5-9-15/h6-7,10-11,14-15H,3-5,8-9,12-13H2,1-2H3,(H,25,28)/t14-/m0/s1. The first-order chi connectivity index (χ1) is 14.6. The van der Waals surface area contributed by atoms with Gasteiger partial charge in [-0.2, -0.15) is 13.2 Å². The summed E-state index contributed by atoms with van der Waals surface area (Å²) >= 11 is 1.18. The number of amides is 2. The summed E-state index contributed by atoms with van der Waals surface area (Å²) in [6, 6.07) is 6.68. The van der Waals surface area contributed by atoms with Crippen LogP contribution >= 0.6 is 11.8 Å². The van der Waals surface area contributed by atoms with E-state index in [2.05, 4.69) is 0 Å². The quantitative estimate of drug-likeness (QED) is 0.472. The van der Waals surface area contributed by atoms with Crippen LogP contribution in [0.5, 0.6) is 0 Å². The molecule has 0 aromatic heterocycles. The number of benzene rings is 1. The number of nitrogens with one attached hydrogen (secondary N) is 1. The van der Waals surface area contributed by atoms with Crippen molar-refractivity contribution >= 4 is 29.5 Å². The van der Waals surface area contributed by atoms with Crippen LogP contribution in [-0.4, -0.2) is 60.4 Å². The summed E-state index contributed by atoms with van der Waals surface area (Å²) in [5, 5.41) is 1.68. The zero-order chi connectivity index (χ0) is 23.0.